The largest absolute Gasteiger partial charge is 1.00 e. The topological polar surface area (TPSA) is 121 Å². The number of urea groups is 1. The van der Waals surface area contributed by atoms with Crippen LogP contribution in [0.15, 0.2) is 58.8 Å². The Morgan fingerprint density at radius 3 is 2.57 bits per heavy atom. The van der Waals surface area contributed by atoms with Gasteiger partial charge in [-0.25, -0.2) is 4.79 Å². The quantitative estimate of drug-likeness (QED) is 0.413. The zero-order valence-electron chi connectivity index (χ0n) is 17.5. The minimum absolute atomic E-state index is 0. The van der Waals surface area contributed by atoms with Crippen LogP contribution in [0, 0.1) is 0 Å². The number of carbonyl (C=O) groups excluding carboxylic acids is 1. The van der Waals surface area contributed by atoms with Crippen molar-refractivity contribution in [3.05, 3.63) is 69.3 Å². The maximum atomic E-state index is 12.4. The molecular weight excluding hydrogens is 417 g/mol. The van der Waals surface area contributed by atoms with Gasteiger partial charge in [0.1, 0.15) is 5.75 Å². The number of aromatic hydroxyl groups is 1. The number of thiophene rings is 1. The number of carboxylic acid groups (broad SMARTS) is 1. The number of amides is 2. The Bertz CT molecular complexity index is 1100. The van der Waals surface area contributed by atoms with E-state index in [-0.39, 0.29) is 48.8 Å². The van der Waals surface area contributed by atoms with Crippen molar-refractivity contribution >= 4 is 29.0 Å². The van der Waals surface area contributed by atoms with E-state index in [4.69, 9.17) is 0 Å². The van der Waals surface area contributed by atoms with E-state index in [9.17, 15) is 24.6 Å². The number of pyridine rings is 1. The first-order valence-electron chi connectivity index (χ1n) is 8.67. The van der Waals surface area contributed by atoms with Gasteiger partial charge in [-0.2, -0.15) is 0 Å². The van der Waals surface area contributed by atoms with E-state index in [0.29, 0.717) is 4.88 Å². The first-order chi connectivity index (χ1) is 13.8. The molecule has 10 heteroatoms. The number of aliphatic carboxylic acids is 1. The first-order valence-corrected chi connectivity index (χ1v) is 9.55. The zero-order valence-corrected chi connectivity index (χ0v) is 19.3. The fourth-order valence-corrected chi connectivity index (χ4v) is 3.73. The molecule has 2 heterocycles. The summed E-state index contributed by atoms with van der Waals surface area (Å²) in [6.07, 6.45) is 1.03. The van der Waals surface area contributed by atoms with Crippen molar-refractivity contribution in [1.29, 1.82) is 0 Å². The van der Waals surface area contributed by atoms with E-state index in [1.165, 1.54) is 35.2 Å². The number of nitrogens with zero attached hydrogens (tertiary/aromatic N) is 1. The van der Waals surface area contributed by atoms with Gasteiger partial charge in [-0.15, -0.1) is 11.3 Å². The van der Waals surface area contributed by atoms with Gasteiger partial charge in [0.15, 0.2) is 5.69 Å². The van der Waals surface area contributed by atoms with Gasteiger partial charge in [0.2, 0.25) is 0 Å². The minimum atomic E-state index is -1.08. The van der Waals surface area contributed by atoms with E-state index in [1.54, 1.807) is 0 Å². The number of hydrogen-bond acceptors (Lipinski definition) is 5. The molecule has 0 aliphatic heterocycles. The van der Waals surface area contributed by atoms with Crippen LogP contribution in [0.1, 0.15) is 18.8 Å². The molecular formula is C20H20N3NaO5S. The van der Waals surface area contributed by atoms with Crippen molar-refractivity contribution in [1.82, 2.24) is 9.88 Å². The second kappa shape index (κ2) is 10.4. The molecule has 1 unspecified atom stereocenters. The van der Waals surface area contributed by atoms with Gasteiger partial charge in [0.25, 0.3) is 5.56 Å². The van der Waals surface area contributed by atoms with Crippen LogP contribution in [0.5, 0.6) is 5.75 Å². The molecule has 0 fully saturated rings. The molecule has 0 aliphatic carbocycles. The summed E-state index contributed by atoms with van der Waals surface area (Å²) in [6.45, 7) is 0. The summed E-state index contributed by atoms with van der Waals surface area (Å²) in [5.41, 5.74) is 1.03. The van der Waals surface area contributed by atoms with Gasteiger partial charge in [0.05, 0.1) is 12.5 Å². The molecule has 3 rings (SSSR count). The summed E-state index contributed by atoms with van der Waals surface area (Å²) in [5.74, 6) is -1.45. The Morgan fingerprint density at radius 2 is 1.90 bits per heavy atom. The molecule has 2 amide bonds. The number of carboxylic acids is 1. The van der Waals surface area contributed by atoms with Crippen LogP contribution >= 0.6 is 11.3 Å². The molecule has 0 aliphatic rings. The summed E-state index contributed by atoms with van der Waals surface area (Å²) in [4.78, 5) is 36.4. The van der Waals surface area contributed by atoms with Crippen LogP contribution in [0.4, 0.5) is 10.5 Å². The van der Waals surface area contributed by atoms with Crippen LogP contribution < -0.4 is 45.8 Å². The molecule has 1 atom stereocenters. The summed E-state index contributed by atoms with van der Waals surface area (Å²) >= 11 is 1.33. The standard InChI is InChI=1S/C20H19N3O5S.Na.H/c1-23-8-7-15(24)18(19(23)27)22-20(28)21-14(10-17(25)26)16-9-13(11-29-16)12-5-3-2-4-6-12;;/h2-9,11,14,24H,10H2,1H3,(H,25,26)(H2,21,22,28);;/q;+1;-1. The monoisotopic (exact) mass is 437 g/mol. The first kappa shape index (κ1) is 23.7. The van der Waals surface area contributed by atoms with Crippen LogP contribution in [0.2, 0.25) is 0 Å². The summed E-state index contributed by atoms with van der Waals surface area (Å²) < 4.78 is 1.20. The summed E-state index contributed by atoms with van der Waals surface area (Å²) in [5, 5.41) is 25.8. The van der Waals surface area contributed by atoms with Gasteiger partial charge >= 0.3 is 41.6 Å². The fourth-order valence-electron chi connectivity index (χ4n) is 2.76. The Kier molecular flexibility index (Phi) is 8.24. The van der Waals surface area contributed by atoms with Crippen molar-refractivity contribution in [3.63, 3.8) is 0 Å². The van der Waals surface area contributed by atoms with Crippen molar-refractivity contribution in [2.45, 2.75) is 12.5 Å². The van der Waals surface area contributed by atoms with Gasteiger partial charge in [-0.1, -0.05) is 30.3 Å². The smallest absolute Gasteiger partial charge is 1.00 e. The molecule has 152 valence electrons. The minimum Gasteiger partial charge on any atom is -1.00 e. The Morgan fingerprint density at radius 1 is 1.20 bits per heavy atom. The molecule has 8 nitrogen and oxygen atoms in total. The number of hydrogen-bond donors (Lipinski definition) is 4. The van der Waals surface area contributed by atoms with Crippen LogP contribution in [-0.2, 0) is 11.8 Å². The van der Waals surface area contributed by atoms with Crippen molar-refractivity contribution in [3.8, 4) is 16.9 Å². The van der Waals surface area contributed by atoms with E-state index in [1.807, 2.05) is 41.8 Å². The fraction of sp³-hybridized carbons (Fsp3) is 0.150. The maximum Gasteiger partial charge on any atom is 1.00 e. The van der Waals surface area contributed by atoms with Crippen molar-refractivity contribution in [2.24, 2.45) is 7.05 Å². The van der Waals surface area contributed by atoms with E-state index >= 15 is 0 Å². The average molecular weight is 437 g/mol. The predicted molar refractivity (Wildman–Crippen MR) is 111 cm³/mol. The van der Waals surface area contributed by atoms with Crippen LogP contribution in [-0.4, -0.2) is 26.8 Å². The summed E-state index contributed by atoms with van der Waals surface area (Å²) in [7, 11) is 1.48. The van der Waals surface area contributed by atoms with Crippen molar-refractivity contribution < 1.29 is 50.8 Å². The third kappa shape index (κ3) is 5.73. The number of aromatic nitrogens is 1. The molecule has 4 N–H and O–H groups in total. The van der Waals surface area contributed by atoms with Crippen LogP contribution in [0.25, 0.3) is 11.1 Å². The molecule has 0 bridgehead atoms. The second-order valence-electron chi connectivity index (χ2n) is 6.34. The van der Waals surface area contributed by atoms with E-state index in [0.717, 1.165) is 11.1 Å². The molecule has 0 spiro atoms. The molecule has 0 radical (unpaired) electrons. The zero-order chi connectivity index (χ0) is 21.0. The van der Waals surface area contributed by atoms with Gasteiger partial charge in [0, 0.05) is 18.1 Å². The second-order valence-corrected chi connectivity index (χ2v) is 7.29. The molecule has 30 heavy (non-hydrogen) atoms. The number of carbonyl (C=O) groups is 2. The van der Waals surface area contributed by atoms with Crippen molar-refractivity contribution in [2.75, 3.05) is 5.32 Å². The van der Waals surface area contributed by atoms with Crippen LogP contribution in [0.3, 0.4) is 0 Å². The van der Waals surface area contributed by atoms with E-state index in [2.05, 4.69) is 10.6 Å². The maximum absolute atomic E-state index is 12.4. The Hall–Kier alpha value is -2.59. The molecule has 2 aromatic heterocycles. The molecule has 0 saturated heterocycles. The number of aryl methyl sites for hydroxylation is 1. The molecule has 1 aromatic carbocycles. The van der Waals surface area contributed by atoms with Gasteiger partial charge in [-0.3, -0.25) is 9.59 Å². The van der Waals surface area contributed by atoms with E-state index < -0.39 is 23.6 Å². The molecule has 0 saturated carbocycles. The predicted octanol–water partition coefficient (Wildman–Crippen LogP) is 0.273. The normalized spacial score (nSPS) is 11.2. The number of anilines is 1. The average Bonchev–Trinajstić information content (AvgIpc) is 3.18. The number of nitrogens with one attached hydrogen (secondary N) is 2. The van der Waals surface area contributed by atoms with Gasteiger partial charge in [-0.05, 0) is 28.6 Å². The SMILES string of the molecule is Cn1ccc(O)c(NC(=O)NC(CC(=O)O)c2cc(-c3ccccc3)cs2)c1=O.[H-].[Na+]. The third-order valence-corrected chi connectivity index (χ3v) is 5.29. The number of rotatable bonds is 6. The summed E-state index contributed by atoms with van der Waals surface area (Å²) in [6, 6.07) is 11.1. The third-order valence-electron chi connectivity index (χ3n) is 4.24. The number of benzene rings is 1. The Balaban J connectivity index is 0.00000240. The molecule has 3 aromatic rings. The van der Waals surface area contributed by atoms with Gasteiger partial charge < -0.3 is 26.8 Å². The Labute approximate surface area is 200 Å².